The third kappa shape index (κ3) is 1.14. The van der Waals surface area contributed by atoms with Crippen LogP contribution in [-0.4, -0.2) is 16.8 Å². The summed E-state index contributed by atoms with van der Waals surface area (Å²) in [5, 5.41) is 12.1. The van der Waals surface area contributed by atoms with Gasteiger partial charge in [0.25, 0.3) is 0 Å². The van der Waals surface area contributed by atoms with Crippen molar-refractivity contribution in [1.29, 1.82) is 0 Å². The van der Waals surface area contributed by atoms with E-state index in [9.17, 15) is 9.90 Å². The number of aromatic hydroxyl groups is 1. The van der Waals surface area contributed by atoms with Crippen LogP contribution in [0.2, 0.25) is 0 Å². The molecule has 1 aliphatic heterocycles. The molecule has 1 heterocycles. The van der Waals surface area contributed by atoms with Crippen LogP contribution in [0.15, 0.2) is 23.1 Å². The number of rotatable bonds is 0. The molecule has 0 atom stereocenters. The van der Waals surface area contributed by atoms with Crippen molar-refractivity contribution < 1.29 is 9.90 Å². The quantitative estimate of drug-likeness (QED) is 0.636. The van der Waals surface area contributed by atoms with Crippen LogP contribution in [-0.2, 0) is 4.79 Å². The second-order valence-corrected chi connectivity index (χ2v) is 3.48. The molecule has 1 amide bonds. The SMILES string of the molecule is O=C1CSc2c(O)cccc2N1. The number of nitrogens with one attached hydrogen (secondary N) is 1. The van der Waals surface area contributed by atoms with E-state index < -0.39 is 0 Å². The lowest BCUT2D eigenvalue weighted by atomic mass is 10.3. The van der Waals surface area contributed by atoms with Gasteiger partial charge in [-0.1, -0.05) is 6.07 Å². The lowest BCUT2D eigenvalue weighted by Gasteiger charge is -2.16. The van der Waals surface area contributed by atoms with Crippen LogP contribution in [0.25, 0.3) is 0 Å². The first-order valence-electron chi connectivity index (χ1n) is 3.52. The van der Waals surface area contributed by atoms with Crippen molar-refractivity contribution in [2.24, 2.45) is 0 Å². The van der Waals surface area contributed by atoms with Gasteiger partial charge in [0.15, 0.2) is 0 Å². The highest BCUT2D eigenvalue weighted by atomic mass is 32.2. The smallest absolute Gasteiger partial charge is 0.234 e. The Morgan fingerprint density at radius 1 is 1.50 bits per heavy atom. The fraction of sp³-hybridized carbons (Fsp3) is 0.125. The van der Waals surface area contributed by atoms with Gasteiger partial charge in [0, 0.05) is 0 Å². The van der Waals surface area contributed by atoms with E-state index in [4.69, 9.17) is 0 Å². The third-order valence-corrected chi connectivity index (χ3v) is 2.74. The van der Waals surface area contributed by atoms with E-state index in [1.54, 1.807) is 18.2 Å². The Balaban J connectivity index is 2.48. The average Bonchev–Trinajstić information content (AvgIpc) is 2.04. The molecule has 4 heteroatoms. The summed E-state index contributed by atoms with van der Waals surface area (Å²) in [5.74, 6) is 0.598. The van der Waals surface area contributed by atoms with E-state index in [2.05, 4.69) is 5.32 Å². The summed E-state index contributed by atoms with van der Waals surface area (Å²) in [6, 6.07) is 5.10. The Morgan fingerprint density at radius 3 is 3.17 bits per heavy atom. The predicted molar refractivity (Wildman–Crippen MR) is 47.5 cm³/mol. The lowest BCUT2D eigenvalue weighted by Crippen LogP contribution is -2.18. The van der Waals surface area contributed by atoms with Crippen LogP contribution in [0.3, 0.4) is 0 Å². The molecule has 0 aromatic heterocycles. The summed E-state index contributed by atoms with van der Waals surface area (Å²) in [6.45, 7) is 0. The fourth-order valence-corrected chi connectivity index (χ4v) is 1.94. The molecule has 0 radical (unpaired) electrons. The average molecular weight is 181 g/mol. The standard InChI is InChI=1S/C8H7NO2S/c10-6-3-1-2-5-8(6)12-4-7(11)9-5/h1-3,10H,4H2,(H,9,11). The van der Waals surface area contributed by atoms with Gasteiger partial charge in [-0.2, -0.15) is 0 Å². The van der Waals surface area contributed by atoms with Gasteiger partial charge in [0.2, 0.25) is 5.91 Å². The highest BCUT2D eigenvalue weighted by Crippen LogP contribution is 2.37. The van der Waals surface area contributed by atoms with Crippen molar-refractivity contribution in [1.82, 2.24) is 0 Å². The van der Waals surface area contributed by atoms with Crippen molar-refractivity contribution >= 4 is 23.4 Å². The highest BCUT2D eigenvalue weighted by Gasteiger charge is 2.17. The molecule has 1 aromatic carbocycles. The predicted octanol–water partition coefficient (Wildman–Crippen LogP) is 1.44. The molecular formula is C8H7NO2S. The van der Waals surface area contributed by atoms with Crippen molar-refractivity contribution in [3.8, 4) is 5.75 Å². The lowest BCUT2D eigenvalue weighted by molar-refractivity contribution is -0.113. The van der Waals surface area contributed by atoms with Gasteiger partial charge >= 0.3 is 0 Å². The van der Waals surface area contributed by atoms with Crippen LogP contribution in [0, 0.1) is 0 Å². The van der Waals surface area contributed by atoms with Crippen molar-refractivity contribution in [2.75, 3.05) is 11.1 Å². The number of benzene rings is 1. The molecule has 0 saturated heterocycles. The number of hydrogen-bond acceptors (Lipinski definition) is 3. The number of phenolic OH excluding ortho intramolecular Hbond substituents is 1. The van der Waals surface area contributed by atoms with E-state index in [1.807, 2.05) is 0 Å². The Bertz CT molecular complexity index is 338. The van der Waals surface area contributed by atoms with Crippen LogP contribution >= 0.6 is 11.8 Å². The minimum Gasteiger partial charge on any atom is -0.507 e. The molecule has 0 aliphatic carbocycles. The number of amides is 1. The Kier molecular flexibility index (Phi) is 1.69. The first kappa shape index (κ1) is 7.49. The summed E-state index contributed by atoms with van der Waals surface area (Å²) in [4.78, 5) is 11.7. The molecule has 12 heavy (non-hydrogen) atoms. The minimum atomic E-state index is -0.0156. The van der Waals surface area contributed by atoms with E-state index in [1.165, 1.54) is 11.8 Å². The summed E-state index contributed by atoms with van der Waals surface area (Å²) in [5.41, 5.74) is 0.705. The maximum Gasteiger partial charge on any atom is 0.234 e. The van der Waals surface area contributed by atoms with Gasteiger partial charge in [0.1, 0.15) is 5.75 Å². The van der Waals surface area contributed by atoms with Crippen molar-refractivity contribution in [3.05, 3.63) is 18.2 Å². The first-order chi connectivity index (χ1) is 5.77. The van der Waals surface area contributed by atoms with Crippen LogP contribution in [0.4, 0.5) is 5.69 Å². The molecular weight excluding hydrogens is 174 g/mol. The highest BCUT2D eigenvalue weighted by molar-refractivity contribution is 8.00. The Morgan fingerprint density at radius 2 is 2.33 bits per heavy atom. The number of carbonyl (C=O) groups excluding carboxylic acids is 1. The minimum absolute atomic E-state index is 0.0156. The normalized spacial score (nSPS) is 15.2. The van der Waals surface area contributed by atoms with Gasteiger partial charge in [-0.3, -0.25) is 4.79 Å². The molecule has 0 saturated carbocycles. The molecule has 1 aliphatic rings. The maximum absolute atomic E-state index is 10.9. The Hall–Kier alpha value is -1.16. The second-order valence-electron chi connectivity index (χ2n) is 2.49. The van der Waals surface area contributed by atoms with Gasteiger partial charge in [-0.25, -0.2) is 0 Å². The van der Waals surface area contributed by atoms with Gasteiger partial charge < -0.3 is 10.4 Å². The first-order valence-corrected chi connectivity index (χ1v) is 4.50. The summed E-state index contributed by atoms with van der Waals surface area (Å²) >= 11 is 1.36. The molecule has 0 bridgehead atoms. The van der Waals surface area contributed by atoms with Gasteiger partial charge in [-0.05, 0) is 12.1 Å². The maximum atomic E-state index is 10.9. The van der Waals surface area contributed by atoms with Gasteiger partial charge in [-0.15, -0.1) is 11.8 Å². The summed E-state index contributed by atoms with van der Waals surface area (Å²) in [7, 11) is 0. The Labute approximate surface area is 73.8 Å². The largest absolute Gasteiger partial charge is 0.507 e. The molecule has 0 unspecified atom stereocenters. The number of carbonyl (C=O) groups is 1. The monoisotopic (exact) mass is 181 g/mol. The molecule has 3 nitrogen and oxygen atoms in total. The zero-order valence-electron chi connectivity index (χ0n) is 6.20. The van der Waals surface area contributed by atoms with E-state index in [0.29, 0.717) is 11.4 Å². The molecule has 2 N–H and O–H groups in total. The topological polar surface area (TPSA) is 49.3 Å². The summed E-state index contributed by atoms with van der Waals surface area (Å²) < 4.78 is 0. The van der Waals surface area contributed by atoms with Gasteiger partial charge in [0.05, 0.1) is 16.3 Å². The number of anilines is 1. The van der Waals surface area contributed by atoms with Crippen molar-refractivity contribution in [3.63, 3.8) is 0 Å². The van der Waals surface area contributed by atoms with Crippen LogP contribution in [0.1, 0.15) is 0 Å². The molecule has 62 valence electrons. The van der Waals surface area contributed by atoms with E-state index >= 15 is 0 Å². The van der Waals surface area contributed by atoms with E-state index in [-0.39, 0.29) is 11.7 Å². The third-order valence-electron chi connectivity index (χ3n) is 1.62. The number of fused-ring (bicyclic) bond motifs is 1. The van der Waals surface area contributed by atoms with Crippen molar-refractivity contribution in [2.45, 2.75) is 4.90 Å². The number of hydrogen-bond donors (Lipinski definition) is 2. The van der Waals surface area contributed by atoms with Crippen LogP contribution in [0.5, 0.6) is 5.75 Å². The molecule has 0 spiro atoms. The summed E-state index contributed by atoms with van der Waals surface area (Å²) in [6.07, 6.45) is 0. The molecule has 2 rings (SSSR count). The molecule has 1 aromatic rings. The second kappa shape index (κ2) is 2.71. The van der Waals surface area contributed by atoms with E-state index in [0.717, 1.165) is 4.90 Å². The number of phenols is 1. The molecule has 0 fully saturated rings. The van der Waals surface area contributed by atoms with Crippen LogP contribution < -0.4 is 5.32 Å². The zero-order chi connectivity index (χ0) is 8.55. The fourth-order valence-electron chi connectivity index (χ4n) is 1.10. The zero-order valence-corrected chi connectivity index (χ0v) is 7.02. The number of thioether (sulfide) groups is 1.